The minimum Gasteiger partial charge on any atom is -0.497 e. The number of carboxylic acids is 1. The number of carbonyl (C=O) groups excluding carboxylic acids is 1. The SMILES string of the molecule is COc1cccc(C2CC(N(C)C(=O)C3(C(=O)O)CC=CC3)C2)c1. The van der Waals surface area contributed by atoms with Gasteiger partial charge in [0, 0.05) is 13.1 Å². The molecule has 2 aliphatic rings. The maximum atomic E-state index is 12.8. The summed E-state index contributed by atoms with van der Waals surface area (Å²) >= 11 is 0. The van der Waals surface area contributed by atoms with Crippen LogP contribution in [0.3, 0.4) is 0 Å². The Morgan fingerprint density at radius 1 is 1.25 bits per heavy atom. The molecule has 1 N–H and O–H groups in total. The molecule has 5 nitrogen and oxygen atoms in total. The van der Waals surface area contributed by atoms with Gasteiger partial charge in [0.05, 0.1) is 7.11 Å². The van der Waals surface area contributed by atoms with E-state index in [2.05, 4.69) is 6.07 Å². The number of hydrogen-bond acceptors (Lipinski definition) is 3. The van der Waals surface area contributed by atoms with Crippen LogP contribution in [0.4, 0.5) is 0 Å². The average Bonchev–Trinajstić information content (AvgIpc) is 3.04. The summed E-state index contributed by atoms with van der Waals surface area (Å²) < 4.78 is 5.26. The van der Waals surface area contributed by atoms with Crippen LogP contribution in [-0.4, -0.2) is 42.1 Å². The molecule has 1 saturated carbocycles. The van der Waals surface area contributed by atoms with E-state index in [-0.39, 0.29) is 24.8 Å². The summed E-state index contributed by atoms with van der Waals surface area (Å²) in [6.45, 7) is 0. The molecule has 2 aliphatic carbocycles. The molecule has 0 saturated heterocycles. The van der Waals surface area contributed by atoms with Crippen LogP contribution in [0.1, 0.15) is 37.2 Å². The van der Waals surface area contributed by atoms with Gasteiger partial charge >= 0.3 is 5.97 Å². The lowest BCUT2D eigenvalue weighted by molar-refractivity contribution is -0.161. The predicted octanol–water partition coefficient (Wildman–Crippen LogP) is 2.82. The molecule has 1 amide bonds. The molecular weight excluding hydrogens is 306 g/mol. The highest BCUT2D eigenvalue weighted by Crippen LogP contribution is 2.43. The number of rotatable bonds is 5. The van der Waals surface area contributed by atoms with E-state index in [1.807, 2.05) is 18.2 Å². The zero-order valence-electron chi connectivity index (χ0n) is 14.1. The van der Waals surface area contributed by atoms with E-state index in [1.54, 1.807) is 31.2 Å². The lowest BCUT2D eigenvalue weighted by Gasteiger charge is -2.43. The predicted molar refractivity (Wildman–Crippen MR) is 90.0 cm³/mol. The Hall–Kier alpha value is -2.30. The summed E-state index contributed by atoms with van der Waals surface area (Å²) in [7, 11) is 3.38. The van der Waals surface area contributed by atoms with Crippen molar-refractivity contribution in [1.29, 1.82) is 0 Å². The van der Waals surface area contributed by atoms with Gasteiger partial charge < -0.3 is 14.7 Å². The molecule has 1 aromatic carbocycles. The van der Waals surface area contributed by atoms with Gasteiger partial charge in [-0.2, -0.15) is 0 Å². The highest BCUT2D eigenvalue weighted by Gasteiger charge is 2.50. The van der Waals surface area contributed by atoms with Gasteiger partial charge in [-0.1, -0.05) is 24.3 Å². The first-order valence-corrected chi connectivity index (χ1v) is 8.27. The van der Waals surface area contributed by atoms with Crippen molar-refractivity contribution >= 4 is 11.9 Å². The van der Waals surface area contributed by atoms with Gasteiger partial charge in [-0.15, -0.1) is 0 Å². The third-order valence-corrected chi connectivity index (χ3v) is 5.46. The molecule has 0 aliphatic heterocycles. The molecule has 1 aromatic rings. The average molecular weight is 329 g/mol. The van der Waals surface area contributed by atoms with Crippen LogP contribution < -0.4 is 4.74 Å². The second-order valence-electron chi connectivity index (χ2n) is 6.78. The van der Waals surface area contributed by atoms with Crippen LogP contribution in [0.25, 0.3) is 0 Å². The topological polar surface area (TPSA) is 66.8 Å². The van der Waals surface area contributed by atoms with Crippen LogP contribution in [0.15, 0.2) is 36.4 Å². The normalized spacial score (nSPS) is 24.2. The third kappa shape index (κ3) is 2.68. The fourth-order valence-electron chi connectivity index (χ4n) is 3.67. The maximum absolute atomic E-state index is 12.8. The van der Waals surface area contributed by atoms with E-state index >= 15 is 0 Å². The first-order chi connectivity index (χ1) is 11.5. The highest BCUT2D eigenvalue weighted by atomic mass is 16.5. The Bertz CT molecular complexity index is 668. The number of carboxylic acid groups (broad SMARTS) is 1. The lowest BCUT2D eigenvalue weighted by Crippen LogP contribution is -2.52. The number of ether oxygens (including phenoxy) is 1. The zero-order chi connectivity index (χ0) is 17.3. The molecule has 0 heterocycles. The Labute approximate surface area is 141 Å². The molecule has 1 fully saturated rings. The number of aliphatic carboxylic acids is 1. The van der Waals surface area contributed by atoms with E-state index in [0.29, 0.717) is 5.92 Å². The molecular formula is C19H23NO4. The number of hydrogen-bond donors (Lipinski definition) is 1. The molecule has 0 aromatic heterocycles. The van der Waals surface area contributed by atoms with Crippen molar-refractivity contribution in [2.75, 3.05) is 14.2 Å². The second kappa shape index (κ2) is 6.30. The summed E-state index contributed by atoms with van der Waals surface area (Å²) in [5, 5.41) is 9.54. The van der Waals surface area contributed by atoms with Crippen molar-refractivity contribution in [2.45, 2.75) is 37.6 Å². The lowest BCUT2D eigenvalue weighted by atomic mass is 9.74. The smallest absolute Gasteiger partial charge is 0.319 e. The van der Waals surface area contributed by atoms with Gasteiger partial charge in [0.15, 0.2) is 5.41 Å². The van der Waals surface area contributed by atoms with Crippen LogP contribution in [0, 0.1) is 5.41 Å². The summed E-state index contributed by atoms with van der Waals surface area (Å²) in [4.78, 5) is 26.1. The van der Waals surface area contributed by atoms with Gasteiger partial charge in [-0.3, -0.25) is 9.59 Å². The molecule has 0 spiro atoms. The van der Waals surface area contributed by atoms with Crippen molar-refractivity contribution in [1.82, 2.24) is 4.90 Å². The molecule has 5 heteroatoms. The summed E-state index contributed by atoms with van der Waals surface area (Å²) in [6.07, 6.45) is 5.88. The molecule has 0 unspecified atom stereocenters. The van der Waals surface area contributed by atoms with E-state index in [4.69, 9.17) is 4.74 Å². The molecule has 24 heavy (non-hydrogen) atoms. The van der Waals surface area contributed by atoms with E-state index in [9.17, 15) is 14.7 Å². The number of methoxy groups -OCH3 is 1. The fraction of sp³-hybridized carbons (Fsp3) is 0.474. The number of benzene rings is 1. The van der Waals surface area contributed by atoms with Crippen molar-refractivity contribution in [2.24, 2.45) is 5.41 Å². The molecule has 3 rings (SSSR count). The zero-order valence-corrected chi connectivity index (χ0v) is 14.1. The van der Waals surface area contributed by atoms with Gasteiger partial charge in [0.25, 0.3) is 0 Å². The standard InChI is InChI=1S/C19H23NO4/c1-20(17(21)19(18(22)23)8-3-4-9-19)15-10-14(11-15)13-6-5-7-16(12-13)24-2/h3-7,12,14-15H,8-11H2,1-2H3,(H,22,23). The summed E-state index contributed by atoms with van der Waals surface area (Å²) in [5.41, 5.74) is -0.0857. The van der Waals surface area contributed by atoms with Crippen molar-refractivity contribution in [3.05, 3.63) is 42.0 Å². The van der Waals surface area contributed by atoms with E-state index < -0.39 is 11.4 Å². The Balaban J connectivity index is 1.64. The number of carbonyl (C=O) groups is 2. The quantitative estimate of drug-likeness (QED) is 0.666. The largest absolute Gasteiger partial charge is 0.497 e. The van der Waals surface area contributed by atoms with Crippen LogP contribution in [-0.2, 0) is 9.59 Å². The van der Waals surface area contributed by atoms with E-state index in [0.717, 1.165) is 18.6 Å². The number of amides is 1. The third-order valence-electron chi connectivity index (χ3n) is 5.46. The summed E-state index contributed by atoms with van der Waals surface area (Å²) in [6, 6.07) is 8.09. The van der Waals surface area contributed by atoms with Crippen molar-refractivity contribution < 1.29 is 19.4 Å². The summed E-state index contributed by atoms with van der Waals surface area (Å²) in [5.74, 6) is -0.0628. The van der Waals surface area contributed by atoms with Gasteiger partial charge in [0.1, 0.15) is 5.75 Å². The highest BCUT2D eigenvalue weighted by molar-refractivity contribution is 6.02. The van der Waals surface area contributed by atoms with Crippen LogP contribution in [0.2, 0.25) is 0 Å². The molecule has 0 bridgehead atoms. The van der Waals surface area contributed by atoms with Crippen molar-refractivity contribution in [3.63, 3.8) is 0 Å². The van der Waals surface area contributed by atoms with Gasteiger partial charge in [-0.25, -0.2) is 0 Å². The first kappa shape index (κ1) is 16.6. The monoisotopic (exact) mass is 329 g/mol. The fourth-order valence-corrected chi connectivity index (χ4v) is 3.67. The van der Waals surface area contributed by atoms with Crippen LogP contribution in [0.5, 0.6) is 5.75 Å². The minimum absolute atomic E-state index is 0.102. The van der Waals surface area contributed by atoms with Gasteiger partial charge in [-0.05, 0) is 49.3 Å². The minimum atomic E-state index is -1.30. The first-order valence-electron chi connectivity index (χ1n) is 8.27. The Kier molecular flexibility index (Phi) is 4.35. The number of allylic oxidation sites excluding steroid dienone is 2. The Morgan fingerprint density at radius 3 is 2.50 bits per heavy atom. The van der Waals surface area contributed by atoms with Gasteiger partial charge in [0.2, 0.25) is 5.91 Å². The van der Waals surface area contributed by atoms with Crippen LogP contribution >= 0.6 is 0 Å². The number of nitrogens with zero attached hydrogens (tertiary/aromatic N) is 1. The molecule has 128 valence electrons. The molecule has 0 atom stereocenters. The van der Waals surface area contributed by atoms with Crippen molar-refractivity contribution in [3.8, 4) is 5.75 Å². The second-order valence-corrected chi connectivity index (χ2v) is 6.78. The molecule has 0 radical (unpaired) electrons. The van der Waals surface area contributed by atoms with E-state index in [1.165, 1.54) is 5.56 Å². The Morgan fingerprint density at radius 2 is 1.92 bits per heavy atom. The maximum Gasteiger partial charge on any atom is 0.319 e.